The van der Waals surface area contributed by atoms with Gasteiger partial charge < -0.3 is 4.90 Å². The van der Waals surface area contributed by atoms with Crippen molar-refractivity contribution >= 4 is 37.8 Å². The van der Waals surface area contributed by atoms with Gasteiger partial charge in [0.15, 0.2) is 0 Å². The Hall–Kier alpha value is -1.13. The van der Waals surface area contributed by atoms with Gasteiger partial charge in [-0.05, 0) is 35.4 Å². The van der Waals surface area contributed by atoms with Crippen LogP contribution in [0.25, 0.3) is 0 Å². The van der Waals surface area contributed by atoms with Crippen LogP contribution in [0.3, 0.4) is 0 Å². The fourth-order valence-electron chi connectivity index (χ4n) is 1.86. The van der Waals surface area contributed by atoms with Crippen molar-refractivity contribution in [1.82, 2.24) is 4.90 Å². The Labute approximate surface area is 136 Å². The number of halogens is 2. The molecule has 0 saturated heterocycles. The van der Waals surface area contributed by atoms with Crippen LogP contribution < -0.4 is 0 Å². The van der Waals surface area contributed by atoms with Crippen molar-refractivity contribution in [2.45, 2.75) is 13.0 Å². The van der Waals surface area contributed by atoms with E-state index < -0.39 is 0 Å². The Morgan fingerprint density at radius 3 is 1.85 bits per heavy atom. The molecule has 104 valence electrons. The Morgan fingerprint density at radius 1 is 0.900 bits per heavy atom. The van der Waals surface area contributed by atoms with Crippen LogP contribution in [-0.4, -0.2) is 17.9 Å². The number of rotatable bonds is 4. The van der Waals surface area contributed by atoms with Gasteiger partial charge in [-0.2, -0.15) is 0 Å². The van der Waals surface area contributed by atoms with Gasteiger partial charge >= 0.3 is 0 Å². The fraction of sp³-hybridized carbons (Fsp3) is 0.188. The molecule has 0 atom stereocenters. The molecule has 0 heterocycles. The first-order valence-electron chi connectivity index (χ1n) is 6.27. The highest BCUT2D eigenvalue weighted by Gasteiger charge is 2.10. The van der Waals surface area contributed by atoms with Crippen LogP contribution >= 0.6 is 31.9 Å². The van der Waals surface area contributed by atoms with Crippen LogP contribution in [0.5, 0.6) is 0 Å². The Morgan fingerprint density at radius 2 is 1.35 bits per heavy atom. The second kappa shape index (κ2) is 7.04. The summed E-state index contributed by atoms with van der Waals surface area (Å²) in [6.07, 6.45) is 0.431. The van der Waals surface area contributed by atoms with E-state index in [1.807, 2.05) is 55.6 Å². The van der Waals surface area contributed by atoms with Gasteiger partial charge in [0.2, 0.25) is 5.91 Å². The minimum atomic E-state index is 0.121. The summed E-state index contributed by atoms with van der Waals surface area (Å²) in [6, 6.07) is 15.9. The molecule has 4 heteroatoms. The molecule has 2 aromatic rings. The SMILES string of the molecule is CN(Cc1ccc(Br)cc1)C(=O)Cc1ccc(Br)cc1. The molecule has 0 saturated carbocycles. The third kappa shape index (κ3) is 4.46. The van der Waals surface area contributed by atoms with Crippen molar-refractivity contribution in [2.75, 3.05) is 7.05 Å². The monoisotopic (exact) mass is 395 g/mol. The van der Waals surface area contributed by atoms with E-state index in [0.717, 1.165) is 20.1 Å². The second-order valence-corrected chi connectivity index (χ2v) is 6.51. The molecule has 2 nitrogen and oxygen atoms in total. The van der Waals surface area contributed by atoms with Crippen LogP contribution in [-0.2, 0) is 17.8 Å². The summed E-state index contributed by atoms with van der Waals surface area (Å²) >= 11 is 6.80. The van der Waals surface area contributed by atoms with Crippen LogP contribution in [0, 0.1) is 0 Å². The van der Waals surface area contributed by atoms with Gasteiger partial charge in [0.05, 0.1) is 6.42 Å². The van der Waals surface area contributed by atoms with Gasteiger partial charge in [-0.15, -0.1) is 0 Å². The van der Waals surface area contributed by atoms with Crippen molar-refractivity contribution in [1.29, 1.82) is 0 Å². The molecule has 0 spiro atoms. The molecule has 0 bridgehead atoms. The number of hydrogen-bond acceptors (Lipinski definition) is 1. The lowest BCUT2D eigenvalue weighted by atomic mass is 10.1. The Balaban J connectivity index is 1.94. The molecule has 0 aromatic heterocycles. The molecule has 0 unspecified atom stereocenters. The van der Waals surface area contributed by atoms with Crippen molar-refractivity contribution < 1.29 is 4.79 Å². The van der Waals surface area contributed by atoms with Crippen molar-refractivity contribution in [3.8, 4) is 0 Å². The highest BCUT2D eigenvalue weighted by atomic mass is 79.9. The van der Waals surface area contributed by atoms with Gasteiger partial charge in [-0.3, -0.25) is 4.79 Å². The van der Waals surface area contributed by atoms with Gasteiger partial charge in [0, 0.05) is 22.5 Å². The third-order valence-corrected chi connectivity index (χ3v) is 4.08. The van der Waals surface area contributed by atoms with Crippen molar-refractivity contribution in [3.05, 3.63) is 68.6 Å². The minimum absolute atomic E-state index is 0.121. The van der Waals surface area contributed by atoms with Gasteiger partial charge in [0.25, 0.3) is 0 Å². The molecule has 2 rings (SSSR count). The van der Waals surface area contributed by atoms with E-state index in [2.05, 4.69) is 31.9 Å². The lowest BCUT2D eigenvalue weighted by molar-refractivity contribution is -0.129. The zero-order chi connectivity index (χ0) is 14.5. The van der Waals surface area contributed by atoms with E-state index in [-0.39, 0.29) is 5.91 Å². The number of hydrogen-bond donors (Lipinski definition) is 0. The average molecular weight is 397 g/mol. The minimum Gasteiger partial charge on any atom is -0.341 e. The molecule has 0 aliphatic carbocycles. The molecule has 0 aliphatic rings. The first-order valence-corrected chi connectivity index (χ1v) is 7.86. The number of nitrogens with zero attached hydrogens (tertiary/aromatic N) is 1. The second-order valence-electron chi connectivity index (χ2n) is 4.68. The number of amides is 1. The Bertz CT molecular complexity index is 578. The maximum atomic E-state index is 12.2. The summed E-state index contributed by atoms with van der Waals surface area (Å²) in [5.74, 6) is 0.121. The maximum absolute atomic E-state index is 12.2. The lowest BCUT2D eigenvalue weighted by Gasteiger charge is -2.17. The number of carbonyl (C=O) groups excluding carboxylic acids is 1. The zero-order valence-corrected chi connectivity index (χ0v) is 14.3. The summed E-state index contributed by atoms with van der Waals surface area (Å²) in [6.45, 7) is 0.628. The highest BCUT2D eigenvalue weighted by molar-refractivity contribution is 9.10. The number of benzene rings is 2. The predicted molar refractivity (Wildman–Crippen MR) is 88.5 cm³/mol. The third-order valence-electron chi connectivity index (χ3n) is 3.03. The molecule has 0 N–H and O–H groups in total. The van der Waals surface area contributed by atoms with Crippen LogP contribution in [0.4, 0.5) is 0 Å². The number of likely N-dealkylation sites (N-methyl/N-ethyl adjacent to an activating group) is 1. The quantitative estimate of drug-likeness (QED) is 0.749. The standard InChI is InChI=1S/C16H15Br2NO/c1-19(11-13-4-8-15(18)9-5-13)16(20)10-12-2-6-14(17)7-3-12/h2-9H,10-11H2,1H3. The molecule has 2 aromatic carbocycles. The van der Waals surface area contributed by atoms with Gasteiger partial charge in [-0.25, -0.2) is 0 Å². The van der Waals surface area contributed by atoms with E-state index >= 15 is 0 Å². The van der Waals surface area contributed by atoms with E-state index in [4.69, 9.17) is 0 Å². The normalized spacial score (nSPS) is 10.3. The summed E-state index contributed by atoms with van der Waals surface area (Å²) in [4.78, 5) is 13.9. The first-order chi connectivity index (χ1) is 9.54. The molecule has 0 radical (unpaired) electrons. The maximum Gasteiger partial charge on any atom is 0.227 e. The Kier molecular flexibility index (Phi) is 5.38. The van der Waals surface area contributed by atoms with Crippen molar-refractivity contribution in [2.24, 2.45) is 0 Å². The smallest absolute Gasteiger partial charge is 0.227 e. The van der Waals surface area contributed by atoms with Crippen LogP contribution in [0.1, 0.15) is 11.1 Å². The lowest BCUT2D eigenvalue weighted by Crippen LogP contribution is -2.27. The summed E-state index contributed by atoms with van der Waals surface area (Å²) in [7, 11) is 1.84. The van der Waals surface area contributed by atoms with Gasteiger partial charge in [0.1, 0.15) is 0 Å². The molecular weight excluding hydrogens is 382 g/mol. The largest absolute Gasteiger partial charge is 0.341 e. The van der Waals surface area contributed by atoms with E-state index in [0.29, 0.717) is 13.0 Å². The molecular formula is C16H15Br2NO. The van der Waals surface area contributed by atoms with Crippen molar-refractivity contribution in [3.63, 3.8) is 0 Å². The van der Waals surface area contributed by atoms with Gasteiger partial charge in [-0.1, -0.05) is 56.1 Å². The zero-order valence-electron chi connectivity index (χ0n) is 11.1. The fourth-order valence-corrected chi connectivity index (χ4v) is 2.39. The van der Waals surface area contributed by atoms with E-state index in [1.165, 1.54) is 0 Å². The summed E-state index contributed by atoms with van der Waals surface area (Å²) in [5, 5.41) is 0. The summed E-state index contributed by atoms with van der Waals surface area (Å²) < 4.78 is 2.07. The highest BCUT2D eigenvalue weighted by Crippen LogP contribution is 2.14. The topological polar surface area (TPSA) is 20.3 Å². The summed E-state index contributed by atoms with van der Waals surface area (Å²) in [5.41, 5.74) is 2.15. The molecule has 20 heavy (non-hydrogen) atoms. The van der Waals surface area contributed by atoms with E-state index in [9.17, 15) is 4.79 Å². The average Bonchev–Trinajstić information content (AvgIpc) is 2.44. The van der Waals surface area contributed by atoms with Crippen LogP contribution in [0.15, 0.2) is 57.5 Å². The molecule has 0 fully saturated rings. The van der Waals surface area contributed by atoms with E-state index in [1.54, 1.807) is 4.90 Å². The van der Waals surface area contributed by atoms with Crippen LogP contribution in [0.2, 0.25) is 0 Å². The first kappa shape index (κ1) is 15.3. The molecule has 1 amide bonds. The number of carbonyl (C=O) groups is 1. The predicted octanol–water partition coefficient (Wildman–Crippen LogP) is 4.41. The molecule has 0 aliphatic heterocycles.